The smallest absolute Gasteiger partial charge is 0.246 e. The summed E-state index contributed by atoms with van der Waals surface area (Å²) in [7, 11) is 0. The number of ketones is 1. The van der Waals surface area contributed by atoms with Crippen LogP contribution in [-0.4, -0.2) is 56.6 Å². The molecule has 0 radical (unpaired) electrons. The molecule has 1 fully saturated rings. The van der Waals surface area contributed by atoms with Crippen LogP contribution >= 0.6 is 0 Å². The molecule has 0 aromatic rings. The largest absolute Gasteiger partial charge is 0.379 e. The van der Waals surface area contributed by atoms with Crippen LogP contribution in [0.4, 0.5) is 0 Å². The second-order valence-corrected chi connectivity index (χ2v) is 6.70. The van der Waals surface area contributed by atoms with Crippen LogP contribution in [-0.2, 0) is 23.9 Å². The molecule has 1 aliphatic carbocycles. The van der Waals surface area contributed by atoms with Crippen LogP contribution < -0.4 is 10.6 Å². The normalized spacial score (nSPS) is 20.3. The van der Waals surface area contributed by atoms with Gasteiger partial charge < -0.3 is 20.1 Å². The van der Waals surface area contributed by atoms with Gasteiger partial charge in [0.05, 0.1) is 19.8 Å². The fourth-order valence-corrected chi connectivity index (χ4v) is 2.72. The first kappa shape index (κ1) is 21.6. The van der Waals surface area contributed by atoms with E-state index in [2.05, 4.69) is 10.6 Å². The number of ether oxygens (including phenoxy) is 2. The molecule has 0 bridgehead atoms. The van der Waals surface area contributed by atoms with Crippen LogP contribution in [0.3, 0.4) is 0 Å². The van der Waals surface area contributed by atoms with Gasteiger partial charge in [0.1, 0.15) is 6.61 Å². The Kier molecular flexibility index (Phi) is 10.3. The van der Waals surface area contributed by atoms with Crippen LogP contribution in [0, 0.1) is 11.8 Å². The van der Waals surface area contributed by atoms with Gasteiger partial charge in [0.25, 0.3) is 0 Å². The first-order chi connectivity index (χ1) is 11.9. The molecule has 0 aromatic heterocycles. The average molecular weight is 360 g/mol. The van der Waals surface area contributed by atoms with Crippen molar-refractivity contribution < 1.29 is 26.7 Å². The molecule has 0 heterocycles. The van der Waals surface area contributed by atoms with Gasteiger partial charge in [-0.3, -0.25) is 14.4 Å². The van der Waals surface area contributed by atoms with Gasteiger partial charge in [-0.2, -0.15) is 0 Å². The molecule has 0 atom stereocenters. The molecular formula is C18H36N2O5. The molecular weight excluding hydrogens is 324 g/mol. The minimum absolute atomic E-state index is 0. The number of nitrogens with one attached hydrogen (secondary N) is 2. The van der Waals surface area contributed by atoms with Crippen LogP contribution in [0.1, 0.15) is 49.3 Å². The molecule has 7 nitrogen and oxygen atoms in total. The van der Waals surface area contributed by atoms with Gasteiger partial charge in [-0.15, -0.1) is 0 Å². The molecule has 1 rings (SSSR count). The summed E-state index contributed by atoms with van der Waals surface area (Å²) in [5, 5.41) is 5.67. The molecule has 1 aliphatic rings. The Morgan fingerprint density at radius 2 is 1.72 bits per heavy atom. The van der Waals surface area contributed by atoms with Crippen LogP contribution in [0.2, 0.25) is 0 Å². The van der Waals surface area contributed by atoms with E-state index in [0.717, 1.165) is 25.7 Å². The standard InChI is InChI=1S/C18H32N2O5.2H2/c1-4-24-9-10-25-12-17(22)20-15-7-5-14(6-8-15)18(23)19-11-16(21)13(2)3;;/h13-15H,4-12H2,1-3H3,(H,19,23)(H,20,22);2*1H. The molecule has 1 saturated carbocycles. The van der Waals surface area contributed by atoms with E-state index in [1.807, 2.05) is 20.8 Å². The third-order valence-corrected chi connectivity index (χ3v) is 4.35. The number of hydrogen-bond donors (Lipinski definition) is 2. The molecule has 25 heavy (non-hydrogen) atoms. The number of Topliss-reactive ketones (excluding diaryl/α,β-unsaturated/α-hetero) is 1. The summed E-state index contributed by atoms with van der Waals surface area (Å²) in [5.41, 5.74) is 0. The molecule has 2 N–H and O–H groups in total. The van der Waals surface area contributed by atoms with Crippen LogP contribution in [0.15, 0.2) is 0 Å². The average Bonchev–Trinajstić information content (AvgIpc) is 2.59. The lowest BCUT2D eigenvalue weighted by molar-refractivity contribution is -0.130. The summed E-state index contributed by atoms with van der Waals surface area (Å²) in [6.45, 7) is 7.22. The van der Waals surface area contributed by atoms with Crippen molar-refractivity contribution in [3.63, 3.8) is 0 Å². The van der Waals surface area contributed by atoms with E-state index in [9.17, 15) is 14.4 Å². The molecule has 0 saturated heterocycles. The third-order valence-electron chi connectivity index (χ3n) is 4.35. The van der Waals surface area contributed by atoms with Crippen molar-refractivity contribution in [3.05, 3.63) is 0 Å². The molecule has 0 aliphatic heterocycles. The zero-order valence-electron chi connectivity index (χ0n) is 15.6. The van der Waals surface area contributed by atoms with E-state index in [0.29, 0.717) is 19.8 Å². The highest BCUT2D eigenvalue weighted by molar-refractivity contribution is 5.88. The minimum atomic E-state index is -0.132. The van der Waals surface area contributed by atoms with Gasteiger partial charge >= 0.3 is 0 Å². The van der Waals surface area contributed by atoms with E-state index in [1.54, 1.807) is 0 Å². The summed E-state index contributed by atoms with van der Waals surface area (Å²) >= 11 is 0. The second-order valence-electron chi connectivity index (χ2n) is 6.70. The number of amides is 2. The first-order valence-electron chi connectivity index (χ1n) is 9.19. The maximum absolute atomic E-state index is 12.1. The predicted molar refractivity (Wildman–Crippen MR) is 98.3 cm³/mol. The Morgan fingerprint density at radius 1 is 1.08 bits per heavy atom. The fourth-order valence-electron chi connectivity index (χ4n) is 2.72. The highest BCUT2D eigenvalue weighted by atomic mass is 16.5. The zero-order valence-corrected chi connectivity index (χ0v) is 15.6. The lowest BCUT2D eigenvalue weighted by Gasteiger charge is -2.28. The van der Waals surface area contributed by atoms with Crippen molar-refractivity contribution in [2.45, 2.75) is 52.5 Å². The van der Waals surface area contributed by atoms with Crippen molar-refractivity contribution in [1.29, 1.82) is 0 Å². The number of carbonyl (C=O) groups is 3. The van der Waals surface area contributed by atoms with Crippen molar-refractivity contribution in [1.82, 2.24) is 10.6 Å². The van der Waals surface area contributed by atoms with E-state index in [-0.39, 0.29) is 51.5 Å². The summed E-state index contributed by atoms with van der Waals surface area (Å²) in [5.74, 6) is -0.291. The van der Waals surface area contributed by atoms with Crippen molar-refractivity contribution in [3.8, 4) is 0 Å². The number of rotatable bonds is 11. The predicted octanol–water partition coefficient (Wildman–Crippen LogP) is 1.55. The molecule has 0 unspecified atom stereocenters. The van der Waals surface area contributed by atoms with Gasteiger partial charge in [-0.1, -0.05) is 13.8 Å². The lowest BCUT2D eigenvalue weighted by Crippen LogP contribution is -2.43. The van der Waals surface area contributed by atoms with Gasteiger partial charge in [0.15, 0.2) is 5.78 Å². The summed E-state index contributed by atoms with van der Waals surface area (Å²) in [4.78, 5) is 35.5. The lowest BCUT2D eigenvalue weighted by atomic mass is 9.85. The van der Waals surface area contributed by atoms with Crippen molar-refractivity contribution in [2.24, 2.45) is 11.8 Å². The molecule has 148 valence electrons. The number of carbonyl (C=O) groups excluding carboxylic acids is 3. The second kappa shape index (κ2) is 12.0. The quantitative estimate of drug-likeness (QED) is 0.545. The van der Waals surface area contributed by atoms with Crippen LogP contribution in [0.5, 0.6) is 0 Å². The molecule has 7 heteroatoms. The first-order valence-corrected chi connectivity index (χ1v) is 9.19. The van der Waals surface area contributed by atoms with Gasteiger partial charge in [-0.05, 0) is 32.6 Å². The van der Waals surface area contributed by atoms with E-state index in [1.165, 1.54) is 0 Å². The van der Waals surface area contributed by atoms with Crippen molar-refractivity contribution >= 4 is 17.6 Å². The van der Waals surface area contributed by atoms with E-state index < -0.39 is 0 Å². The Hall–Kier alpha value is -1.47. The summed E-state index contributed by atoms with van der Waals surface area (Å²) in [6, 6.07) is 0.0873. The molecule has 0 spiro atoms. The van der Waals surface area contributed by atoms with Crippen molar-refractivity contribution in [2.75, 3.05) is 33.0 Å². The Balaban J connectivity index is 0. The molecule has 0 aromatic carbocycles. The highest BCUT2D eigenvalue weighted by Gasteiger charge is 2.27. The van der Waals surface area contributed by atoms with Gasteiger partial charge in [-0.25, -0.2) is 0 Å². The Morgan fingerprint density at radius 3 is 2.32 bits per heavy atom. The topological polar surface area (TPSA) is 93.7 Å². The minimum Gasteiger partial charge on any atom is -0.379 e. The van der Waals surface area contributed by atoms with Gasteiger partial charge in [0, 0.05) is 27.3 Å². The SMILES string of the molecule is CCOCCOCC(=O)NC1CCC(C(=O)NCC(=O)C(C)C)CC1.[HH].[HH]. The third kappa shape index (κ3) is 8.97. The molecule has 2 amide bonds. The summed E-state index contributed by atoms with van der Waals surface area (Å²) in [6.07, 6.45) is 2.97. The van der Waals surface area contributed by atoms with E-state index in [4.69, 9.17) is 9.47 Å². The fraction of sp³-hybridized carbons (Fsp3) is 0.833. The maximum atomic E-state index is 12.1. The monoisotopic (exact) mass is 360 g/mol. The highest BCUT2D eigenvalue weighted by Crippen LogP contribution is 2.24. The Labute approximate surface area is 153 Å². The van der Waals surface area contributed by atoms with E-state index >= 15 is 0 Å². The Bertz CT molecular complexity index is 441. The van der Waals surface area contributed by atoms with Gasteiger partial charge in [0.2, 0.25) is 11.8 Å². The number of hydrogen-bond acceptors (Lipinski definition) is 5. The summed E-state index contributed by atoms with van der Waals surface area (Å²) < 4.78 is 10.4. The zero-order chi connectivity index (χ0) is 18.7. The maximum Gasteiger partial charge on any atom is 0.246 e. The van der Waals surface area contributed by atoms with Crippen LogP contribution in [0.25, 0.3) is 0 Å².